The fraction of sp³-hybridized carbons (Fsp3) is 0.222. The van der Waals surface area contributed by atoms with Gasteiger partial charge in [-0.05, 0) is 49.1 Å². The van der Waals surface area contributed by atoms with E-state index >= 15 is 0 Å². The Hall–Kier alpha value is -2.29. The summed E-state index contributed by atoms with van der Waals surface area (Å²) in [5.41, 5.74) is 1.46. The largest absolute Gasteiger partial charge is 0.508 e. The lowest BCUT2D eigenvalue weighted by Crippen LogP contribution is -1.90. The third kappa shape index (κ3) is 4.35. The second kappa shape index (κ2) is 7.48. The minimum atomic E-state index is -0.395. The predicted molar refractivity (Wildman–Crippen MR) is 83.3 cm³/mol. The Kier molecular flexibility index (Phi) is 5.38. The standard InChI is InChI=1S/C18H19FO2/c1-21-16-9-4-2-3-7-14(8-5-6-10-16)17-12-11-15(20)13-18(17)19/h4-6,8-13,20H,2-3,7H2,1H3/b6-5+,9-4+,14-8+,16-10+. The number of allylic oxidation sites excluding steroid dienone is 7. The molecule has 0 saturated heterocycles. The van der Waals surface area contributed by atoms with E-state index in [1.165, 1.54) is 6.07 Å². The first-order valence-electron chi connectivity index (χ1n) is 6.97. The van der Waals surface area contributed by atoms with Crippen molar-refractivity contribution in [2.45, 2.75) is 19.3 Å². The van der Waals surface area contributed by atoms with Gasteiger partial charge in [-0.15, -0.1) is 0 Å². The summed E-state index contributed by atoms with van der Waals surface area (Å²) in [5.74, 6) is 0.340. The zero-order valence-corrected chi connectivity index (χ0v) is 12.1. The van der Waals surface area contributed by atoms with Crippen molar-refractivity contribution in [3.8, 4) is 5.75 Å². The van der Waals surface area contributed by atoms with Gasteiger partial charge in [0.05, 0.1) is 7.11 Å². The van der Waals surface area contributed by atoms with Crippen molar-refractivity contribution in [2.24, 2.45) is 0 Å². The van der Waals surface area contributed by atoms with Crippen LogP contribution in [0.15, 0.2) is 60.4 Å². The molecule has 0 atom stereocenters. The zero-order chi connectivity index (χ0) is 15.1. The van der Waals surface area contributed by atoms with Crippen LogP contribution >= 0.6 is 0 Å². The summed E-state index contributed by atoms with van der Waals surface area (Å²) in [6, 6.07) is 4.28. The smallest absolute Gasteiger partial charge is 0.134 e. The summed E-state index contributed by atoms with van der Waals surface area (Å²) in [4.78, 5) is 0. The number of hydrogen-bond donors (Lipinski definition) is 1. The summed E-state index contributed by atoms with van der Waals surface area (Å²) in [6.45, 7) is 0. The van der Waals surface area contributed by atoms with Gasteiger partial charge in [0.15, 0.2) is 0 Å². The SMILES string of the molecule is COC1=C/C=C/C=C(/c2ccc(O)cc2F)CCC\C=C\1. The number of benzene rings is 1. The van der Waals surface area contributed by atoms with Crippen molar-refractivity contribution in [2.75, 3.05) is 7.11 Å². The second-order valence-corrected chi connectivity index (χ2v) is 4.81. The molecule has 1 aliphatic carbocycles. The Balaban J connectivity index is 2.30. The minimum absolute atomic E-state index is 0.0559. The van der Waals surface area contributed by atoms with Gasteiger partial charge in [0.25, 0.3) is 0 Å². The first-order chi connectivity index (χ1) is 10.2. The first-order valence-corrected chi connectivity index (χ1v) is 6.97. The summed E-state index contributed by atoms with van der Waals surface area (Å²) >= 11 is 0. The molecule has 2 nitrogen and oxygen atoms in total. The van der Waals surface area contributed by atoms with Crippen LogP contribution in [0.3, 0.4) is 0 Å². The summed E-state index contributed by atoms with van der Waals surface area (Å²) in [5, 5.41) is 9.31. The van der Waals surface area contributed by atoms with Crippen LogP contribution in [0.1, 0.15) is 24.8 Å². The first kappa shape index (κ1) is 15.1. The molecule has 1 aromatic carbocycles. The second-order valence-electron chi connectivity index (χ2n) is 4.81. The van der Waals surface area contributed by atoms with Gasteiger partial charge in [0.1, 0.15) is 17.3 Å². The van der Waals surface area contributed by atoms with Crippen molar-refractivity contribution in [1.82, 2.24) is 0 Å². The number of rotatable bonds is 2. The van der Waals surface area contributed by atoms with Crippen molar-refractivity contribution >= 4 is 5.57 Å². The van der Waals surface area contributed by atoms with Crippen LogP contribution in [0.5, 0.6) is 5.75 Å². The lowest BCUT2D eigenvalue weighted by molar-refractivity contribution is 0.307. The van der Waals surface area contributed by atoms with Crippen LogP contribution in [0.2, 0.25) is 0 Å². The van der Waals surface area contributed by atoms with Crippen LogP contribution in [0, 0.1) is 5.82 Å². The molecule has 0 aromatic heterocycles. The molecule has 0 fully saturated rings. The Morgan fingerprint density at radius 2 is 2.00 bits per heavy atom. The highest BCUT2D eigenvalue weighted by atomic mass is 19.1. The number of methoxy groups -OCH3 is 1. The molecule has 0 unspecified atom stereocenters. The fourth-order valence-corrected chi connectivity index (χ4v) is 2.20. The normalized spacial score (nSPS) is 23.9. The maximum Gasteiger partial charge on any atom is 0.134 e. The lowest BCUT2D eigenvalue weighted by Gasteiger charge is -2.08. The van der Waals surface area contributed by atoms with Crippen LogP contribution in [-0.2, 0) is 4.74 Å². The van der Waals surface area contributed by atoms with E-state index in [0.29, 0.717) is 5.56 Å². The van der Waals surface area contributed by atoms with Crippen molar-refractivity contribution in [3.05, 3.63) is 71.8 Å². The van der Waals surface area contributed by atoms with Gasteiger partial charge >= 0.3 is 0 Å². The average Bonchev–Trinajstić information content (AvgIpc) is 2.52. The topological polar surface area (TPSA) is 29.5 Å². The van der Waals surface area contributed by atoms with E-state index in [1.807, 2.05) is 30.4 Å². The summed E-state index contributed by atoms with van der Waals surface area (Å²) in [6.07, 6.45) is 14.1. The number of ether oxygens (including phenoxy) is 1. The molecule has 0 spiro atoms. The lowest BCUT2D eigenvalue weighted by atomic mass is 9.99. The van der Waals surface area contributed by atoms with Gasteiger partial charge in [-0.1, -0.05) is 24.3 Å². The van der Waals surface area contributed by atoms with Gasteiger partial charge in [-0.3, -0.25) is 0 Å². The third-order valence-electron chi connectivity index (χ3n) is 3.30. The van der Waals surface area contributed by atoms with E-state index < -0.39 is 5.82 Å². The van der Waals surface area contributed by atoms with Crippen molar-refractivity contribution in [1.29, 1.82) is 0 Å². The van der Waals surface area contributed by atoms with Gasteiger partial charge in [-0.2, -0.15) is 0 Å². The van der Waals surface area contributed by atoms with E-state index in [0.717, 1.165) is 36.7 Å². The molecular weight excluding hydrogens is 267 g/mol. The Bertz CT molecular complexity index is 610. The molecule has 110 valence electrons. The van der Waals surface area contributed by atoms with E-state index in [9.17, 15) is 9.50 Å². The Morgan fingerprint density at radius 1 is 1.19 bits per heavy atom. The molecule has 0 heterocycles. The molecular formula is C18H19FO2. The maximum atomic E-state index is 14.0. The van der Waals surface area contributed by atoms with Crippen LogP contribution < -0.4 is 0 Å². The maximum absolute atomic E-state index is 14.0. The minimum Gasteiger partial charge on any atom is -0.508 e. The zero-order valence-electron chi connectivity index (χ0n) is 12.1. The Morgan fingerprint density at radius 3 is 2.76 bits per heavy atom. The Labute approximate surface area is 124 Å². The van der Waals surface area contributed by atoms with Gasteiger partial charge in [0.2, 0.25) is 0 Å². The van der Waals surface area contributed by atoms with Gasteiger partial charge < -0.3 is 9.84 Å². The van der Waals surface area contributed by atoms with E-state index in [2.05, 4.69) is 6.08 Å². The molecule has 2 rings (SSSR count). The van der Waals surface area contributed by atoms with E-state index in [4.69, 9.17) is 4.74 Å². The summed E-state index contributed by atoms with van der Waals surface area (Å²) < 4.78 is 19.2. The van der Waals surface area contributed by atoms with Gasteiger partial charge in [0, 0.05) is 11.6 Å². The molecule has 1 aromatic rings. The molecule has 0 radical (unpaired) electrons. The quantitative estimate of drug-likeness (QED) is 0.850. The van der Waals surface area contributed by atoms with Crippen LogP contribution in [0.4, 0.5) is 4.39 Å². The van der Waals surface area contributed by atoms with Crippen LogP contribution in [-0.4, -0.2) is 12.2 Å². The molecule has 3 heteroatoms. The number of hydrogen-bond acceptors (Lipinski definition) is 2. The highest BCUT2D eigenvalue weighted by Crippen LogP contribution is 2.26. The molecule has 0 bridgehead atoms. The molecule has 1 aliphatic rings. The van der Waals surface area contributed by atoms with Gasteiger partial charge in [-0.25, -0.2) is 4.39 Å². The molecule has 0 saturated carbocycles. The molecule has 0 amide bonds. The fourth-order valence-electron chi connectivity index (χ4n) is 2.20. The summed E-state index contributed by atoms with van der Waals surface area (Å²) in [7, 11) is 1.64. The highest BCUT2D eigenvalue weighted by Gasteiger charge is 2.08. The molecule has 21 heavy (non-hydrogen) atoms. The monoisotopic (exact) mass is 286 g/mol. The van der Waals surface area contributed by atoms with Crippen LogP contribution in [0.25, 0.3) is 5.57 Å². The number of phenols is 1. The van der Waals surface area contributed by atoms with E-state index in [-0.39, 0.29) is 5.75 Å². The predicted octanol–water partition coefficient (Wildman–Crippen LogP) is 4.74. The average molecular weight is 286 g/mol. The van der Waals surface area contributed by atoms with E-state index in [1.54, 1.807) is 13.2 Å². The number of phenolic OH excluding ortho intramolecular Hbond substituents is 1. The third-order valence-corrected chi connectivity index (χ3v) is 3.30. The number of halogens is 1. The number of aromatic hydroxyl groups is 1. The van der Waals surface area contributed by atoms with Crippen molar-refractivity contribution in [3.63, 3.8) is 0 Å². The molecule has 1 N–H and O–H groups in total. The molecule has 0 aliphatic heterocycles. The highest BCUT2D eigenvalue weighted by molar-refractivity contribution is 5.68. The van der Waals surface area contributed by atoms with Crippen molar-refractivity contribution < 1.29 is 14.2 Å².